The summed E-state index contributed by atoms with van der Waals surface area (Å²) in [5.41, 5.74) is 4.97. The third kappa shape index (κ3) is 9.77. The molecule has 5 aliphatic rings. The summed E-state index contributed by atoms with van der Waals surface area (Å²) < 4.78 is 35.3. The largest absolute Gasteiger partial charge is 0.507 e. The van der Waals surface area contributed by atoms with Gasteiger partial charge >= 0.3 is 0 Å². The molecule has 0 bridgehead atoms. The van der Waals surface area contributed by atoms with E-state index >= 15 is 0 Å². The molecule has 0 radical (unpaired) electrons. The van der Waals surface area contributed by atoms with Gasteiger partial charge in [-0.25, -0.2) is 0 Å². The fourth-order valence-electron chi connectivity index (χ4n) is 18.5. The van der Waals surface area contributed by atoms with E-state index in [1.165, 1.54) is 73.8 Å². The van der Waals surface area contributed by atoms with Crippen LogP contribution in [0, 0.1) is 29.6 Å². The van der Waals surface area contributed by atoms with E-state index in [2.05, 4.69) is 40.7 Å². The second-order valence-electron chi connectivity index (χ2n) is 29.0. The molecule has 504 valence electrons. The Bertz CT molecular complexity index is 5310. The van der Waals surface area contributed by atoms with Crippen molar-refractivity contribution in [3.05, 3.63) is 110 Å². The topological polar surface area (TPSA) is 234 Å². The normalized spacial score (nSPS) is 22.0. The number of aliphatic imine (C=N–C) groups is 1. The zero-order chi connectivity index (χ0) is 68.8. The van der Waals surface area contributed by atoms with E-state index in [-0.39, 0.29) is 84.8 Å². The van der Waals surface area contributed by atoms with Crippen LogP contribution in [-0.2, 0) is 17.6 Å². The molecule has 0 aromatic heterocycles. The molecular weight excluding hydrogens is 1230 g/mol. The molecule has 0 aliphatic heterocycles. The number of benzene rings is 10. The van der Waals surface area contributed by atoms with Crippen LogP contribution < -0.4 is 50.1 Å². The number of aromatic hydroxyl groups is 4. The number of ketones is 1. The lowest BCUT2D eigenvalue weighted by Crippen LogP contribution is -2.20. The number of rotatable bonds is 13. The summed E-state index contributed by atoms with van der Waals surface area (Å²) in [5, 5.41) is 55.4. The number of Topliss-reactive ketones (excluding diaryl/α,β-unsaturated/α-hetero) is 1. The van der Waals surface area contributed by atoms with Gasteiger partial charge in [0.2, 0.25) is 0 Å². The average Bonchev–Trinajstić information content (AvgIpc) is 1.66. The number of carbonyl (C=O) groups is 1. The fourth-order valence-corrected chi connectivity index (χ4v) is 18.5. The predicted molar refractivity (Wildman–Crippen MR) is 386 cm³/mol. The highest BCUT2D eigenvalue weighted by Crippen LogP contribution is 2.61. The fraction of sp³-hybridized carbons (Fsp3) is 0.432. The van der Waals surface area contributed by atoms with Gasteiger partial charge in [-0.05, 0) is 154 Å². The second-order valence-corrected chi connectivity index (χ2v) is 29.0. The van der Waals surface area contributed by atoms with Gasteiger partial charge in [-0.3, -0.25) is 29.0 Å². The number of hydrogen-bond donors (Lipinski definition) is 4. The summed E-state index contributed by atoms with van der Waals surface area (Å²) in [4.78, 5) is 74.9. The highest BCUT2D eigenvalue weighted by Gasteiger charge is 2.41. The second kappa shape index (κ2) is 24.4. The number of methoxy groups -OCH3 is 6. The van der Waals surface area contributed by atoms with Crippen molar-refractivity contribution in [2.24, 2.45) is 34.6 Å². The van der Waals surface area contributed by atoms with Crippen LogP contribution >= 0.6 is 0 Å². The Kier molecular flexibility index (Phi) is 16.4. The number of hydrogen-bond acceptors (Lipinski definition) is 16. The molecule has 0 amide bonds. The smallest absolute Gasteiger partial charge is 0.194 e. The zero-order valence-electron chi connectivity index (χ0n) is 57.7. The molecular formula is C81H85NO15. The quantitative estimate of drug-likeness (QED) is 0.0477. The molecule has 0 heterocycles. The summed E-state index contributed by atoms with van der Waals surface area (Å²) in [7, 11) is 8.85. The highest BCUT2D eigenvalue weighted by atomic mass is 16.5. The van der Waals surface area contributed by atoms with Gasteiger partial charge in [-0.1, -0.05) is 69.8 Å². The Labute approximate surface area is 561 Å². The van der Waals surface area contributed by atoms with Gasteiger partial charge in [0.25, 0.3) is 0 Å². The first-order chi connectivity index (χ1) is 46.5. The van der Waals surface area contributed by atoms with Crippen molar-refractivity contribution in [1.82, 2.24) is 0 Å². The molecule has 0 spiro atoms. The molecule has 16 heteroatoms. The lowest BCUT2D eigenvalue weighted by molar-refractivity contribution is -0.117. The number of fused-ring (bicyclic) bond motifs is 2. The molecule has 4 N–H and O–H groups in total. The first-order valence-electron chi connectivity index (χ1n) is 34.4. The zero-order valence-corrected chi connectivity index (χ0v) is 57.7. The number of phenols is 4. The summed E-state index contributed by atoms with van der Waals surface area (Å²) in [5.74, 6) is 1.85. The van der Waals surface area contributed by atoms with Crippen LogP contribution in [0.4, 0.5) is 0 Å². The molecule has 97 heavy (non-hydrogen) atoms. The number of ether oxygens (including phenoxy) is 6. The van der Waals surface area contributed by atoms with E-state index in [1.54, 1.807) is 0 Å². The van der Waals surface area contributed by atoms with Crippen molar-refractivity contribution in [2.75, 3.05) is 42.7 Å². The van der Waals surface area contributed by atoms with E-state index < -0.39 is 28.1 Å². The third-order valence-corrected chi connectivity index (χ3v) is 23.2. The summed E-state index contributed by atoms with van der Waals surface area (Å²) in [6, 6.07) is 5.63. The maximum atomic E-state index is 14.2. The Morgan fingerprint density at radius 1 is 0.402 bits per heavy atom. The van der Waals surface area contributed by atoms with Crippen molar-refractivity contribution in [3.63, 3.8) is 0 Å². The van der Waals surface area contributed by atoms with Crippen molar-refractivity contribution >= 4 is 110 Å². The summed E-state index contributed by atoms with van der Waals surface area (Å²) in [6.07, 6.45) is 18.1. The monoisotopic (exact) mass is 1310 g/mol. The molecule has 0 saturated heterocycles. The number of allylic oxidation sites excluding steroid dienone is 2. The van der Waals surface area contributed by atoms with E-state index in [0.29, 0.717) is 141 Å². The lowest BCUT2D eigenvalue weighted by atomic mass is 9.77. The van der Waals surface area contributed by atoms with Crippen molar-refractivity contribution in [1.29, 1.82) is 0 Å². The van der Waals surface area contributed by atoms with Gasteiger partial charge in [0, 0.05) is 107 Å². The third-order valence-electron chi connectivity index (χ3n) is 23.2. The molecule has 16 nitrogen and oxygen atoms in total. The number of carbonyl (C=O) groups excluding carboxylic acids is 1. The maximum absolute atomic E-state index is 14.2. The molecule has 2 unspecified atom stereocenters. The van der Waals surface area contributed by atoms with E-state index in [1.807, 2.05) is 13.0 Å². The van der Waals surface area contributed by atoms with Gasteiger partial charge < -0.3 is 48.8 Å². The molecule has 5 aliphatic carbocycles. The van der Waals surface area contributed by atoms with Crippen molar-refractivity contribution in [3.8, 4) is 57.5 Å². The molecule has 3 saturated carbocycles. The molecule has 10 aromatic carbocycles. The Balaban J connectivity index is 0.000000168. The number of nitrogens with zero attached hydrogens (tertiary/aromatic N) is 1. The SMILES string of the molecule is COc1c(O)c2c(=O)cc(OC)c3c4c(OC)cc(=O)c5c(O)c(CC6CCC(C)CC6)c6c(c(c1C(C(C)=NC1CCC(C)CC1)C(C)=C6)c23)c54.COc1c(O)c2c(=O)cc(OC)c3c4c(OC)cc(=O)c5c(O)c(CC6CCC(C)CC6)c6c(c(c1C(C(C)=O)C(C)=C6)c23)c54. The Morgan fingerprint density at radius 2 is 0.711 bits per heavy atom. The predicted octanol–water partition coefficient (Wildman–Crippen LogP) is 16.0. The average molecular weight is 1310 g/mol. The van der Waals surface area contributed by atoms with Gasteiger partial charge in [0.05, 0.1) is 70.1 Å². The van der Waals surface area contributed by atoms with Crippen LogP contribution in [0.25, 0.3) is 98.3 Å². The van der Waals surface area contributed by atoms with Crippen LogP contribution in [0.5, 0.6) is 57.5 Å². The first-order valence-corrected chi connectivity index (χ1v) is 34.4. The van der Waals surface area contributed by atoms with E-state index in [9.17, 15) is 44.4 Å². The van der Waals surface area contributed by atoms with Crippen LogP contribution in [0.3, 0.4) is 0 Å². The van der Waals surface area contributed by atoms with E-state index in [4.69, 9.17) is 33.4 Å². The summed E-state index contributed by atoms with van der Waals surface area (Å²) in [6.45, 7) is 14.3. The minimum Gasteiger partial charge on any atom is -0.507 e. The van der Waals surface area contributed by atoms with Gasteiger partial charge in [0.1, 0.15) is 40.3 Å². The van der Waals surface area contributed by atoms with E-state index in [0.717, 1.165) is 105 Å². The van der Waals surface area contributed by atoms with Gasteiger partial charge in [0.15, 0.2) is 44.7 Å². The maximum Gasteiger partial charge on any atom is 0.194 e. The minimum atomic E-state index is -0.828. The van der Waals surface area contributed by atoms with Crippen molar-refractivity contribution < 1.29 is 53.6 Å². The van der Waals surface area contributed by atoms with Crippen LogP contribution in [0.2, 0.25) is 0 Å². The van der Waals surface area contributed by atoms with Crippen LogP contribution in [-0.4, -0.2) is 80.6 Å². The molecule has 3 fully saturated rings. The highest BCUT2D eigenvalue weighted by molar-refractivity contribution is 6.41. The Morgan fingerprint density at radius 3 is 1.04 bits per heavy atom. The van der Waals surface area contributed by atoms with Crippen LogP contribution in [0.1, 0.15) is 171 Å². The minimum absolute atomic E-state index is 0.00288. The van der Waals surface area contributed by atoms with Gasteiger partial charge in [-0.15, -0.1) is 0 Å². The summed E-state index contributed by atoms with van der Waals surface area (Å²) >= 11 is 0. The number of phenolic OH excluding ortho intramolecular Hbond substituents is 4. The lowest BCUT2D eigenvalue weighted by Gasteiger charge is -2.28. The Hall–Kier alpha value is -9.18. The molecule has 15 rings (SSSR count). The van der Waals surface area contributed by atoms with Crippen LogP contribution in [0.15, 0.2) is 59.6 Å². The standard InChI is InChI=1S/C44H49NO7.C37H36O8/c1-20-8-12-24(13-9-20)17-27-26-16-22(3)32(23(4)45-25-14-10-21(2)11-15-25)41-39-33(26)38-34(42(27)48)28(46)18-30(50-5)36(38)37-31(51-6)19-29(47)35(40(37)39)43(49)44(41)52-7;1-15-7-9-18(10-8-15)12-20-19-11-16(2)25(17(3)38)34-32-26(19)31-27(35(20)41)21(39)13-23(43-4)29(31)30-24(44-5)14-22(40)28(33(30)32)36(42)37(34)45-6/h16,18-21,24-25,32,48-49H,8-15,17H2,1-7H3;11,13-15,18,25,41-42H,7-10,12H2,1-6H3. The van der Waals surface area contributed by atoms with Gasteiger partial charge in [-0.2, -0.15) is 0 Å². The first kappa shape index (κ1) is 65.1. The molecule has 10 aromatic rings. The molecule has 2 atom stereocenters. The van der Waals surface area contributed by atoms with Crippen molar-refractivity contribution in [2.45, 2.75) is 156 Å².